The van der Waals surface area contributed by atoms with Crippen LogP contribution in [0.2, 0.25) is 0 Å². The highest BCUT2D eigenvalue weighted by atomic mass is 19.4. The lowest BCUT2D eigenvalue weighted by molar-refractivity contribution is -0.137. The second-order valence-corrected chi connectivity index (χ2v) is 6.91. The molecule has 0 aliphatic rings. The highest BCUT2D eigenvalue weighted by Gasteiger charge is 2.33. The van der Waals surface area contributed by atoms with Gasteiger partial charge in [0.25, 0.3) is 5.91 Å². The van der Waals surface area contributed by atoms with E-state index >= 15 is 0 Å². The third kappa shape index (κ3) is 5.40. The number of hydrogen-bond donors (Lipinski definition) is 1. The van der Waals surface area contributed by atoms with Gasteiger partial charge < -0.3 is 10.1 Å². The summed E-state index contributed by atoms with van der Waals surface area (Å²) < 4.78 is 44.1. The quantitative estimate of drug-likeness (QED) is 0.430. The fraction of sp³-hybridized carbons (Fsp3) is 0.125. The van der Waals surface area contributed by atoms with Crippen molar-refractivity contribution >= 4 is 23.3 Å². The first-order valence-corrected chi connectivity index (χ1v) is 9.50. The van der Waals surface area contributed by atoms with Crippen LogP contribution >= 0.6 is 0 Å². The molecule has 0 bridgehead atoms. The monoisotopic (exact) mass is 441 g/mol. The van der Waals surface area contributed by atoms with Gasteiger partial charge in [0, 0.05) is 11.1 Å². The Morgan fingerprint density at radius 1 is 0.844 bits per heavy atom. The maximum atomic E-state index is 13.0. The number of benzene rings is 3. The Balaban J connectivity index is 1.71. The third-order valence-electron chi connectivity index (χ3n) is 4.55. The number of carbonyl (C=O) groups is 3. The van der Waals surface area contributed by atoms with E-state index in [9.17, 15) is 27.6 Å². The van der Waals surface area contributed by atoms with E-state index in [-0.39, 0.29) is 11.1 Å². The van der Waals surface area contributed by atoms with Crippen LogP contribution in [-0.4, -0.2) is 24.3 Å². The average Bonchev–Trinajstić information content (AvgIpc) is 2.77. The number of hydrogen-bond acceptors (Lipinski definition) is 4. The molecule has 3 rings (SSSR count). The summed E-state index contributed by atoms with van der Waals surface area (Å²) in [6.45, 7) is 1.05. The number of halogens is 3. The second kappa shape index (κ2) is 9.47. The van der Waals surface area contributed by atoms with E-state index in [1.54, 1.807) is 30.3 Å². The number of anilines is 1. The van der Waals surface area contributed by atoms with Crippen LogP contribution in [0.15, 0.2) is 72.8 Å². The van der Waals surface area contributed by atoms with Gasteiger partial charge in [-0.25, -0.2) is 4.79 Å². The topological polar surface area (TPSA) is 72.5 Å². The van der Waals surface area contributed by atoms with Gasteiger partial charge in [0.15, 0.2) is 12.4 Å². The van der Waals surface area contributed by atoms with Gasteiger partial charge in [-0.15, -0.1) is 0 Å². The molecule has 0 aliphatic heterocycles. The van der Waals surface area contributed by atoms with Gasteiger partial charge in [-0.3, -0.25) is 9.59 Å². The van der Waals surface area contributed by atoms with Crippen molar-refractivity contribution in [3.05, 3.63) is 101 Å². The summed E-state index contributed by atoms with van der Waals surface area (Å²) in [5, 5.41) is 2.09. The SMILES string of the molecule is Cc1ccc(C(=O)c2ccccc2C(=O)OCC(=O)Nc2ccccc2C(F)(F)F)cc1. The molecular weight excluding hydrogens is 423 g/mol. The smallest absolute Gasteiger partial charge is 0.418 e. The maximum Gasteiger partial charge on any atom is 0.418 e. The molecule has 0 spiro atoms. The summed E-state index contributed by atoms with van der Waals surface area (Å²) in [5.41, 5.74) is -0.0971. The summed E-state index contributed by atoms with van der Waals surface area (Å²) in [5.74, 6) is -2.29. The van der Waals surface area contributed by atoms with Crippen molar-refractivity contribution < 1.29 is 32.3 Å². The van der Waals surface area contributed by atoms with Crippen molar-refractivity contribution in [3.8, 4) is 0 Å². The van der Waals surface area contributed by atoms with E-state index in [1.165, 1.54) is 30.3 Å². The molecule has 0 aromatic heterocycles. The van der Waals surface area contributed by atoms with Gasteiger partial charge >= 0.3 is 12.1 Å². The molecule has 0 fully saturated rings. The number of ether oxygens (including phenoxy) is 1. The predicted octanol–water partition coefficient (Wildman–Crippen LogP) is 5.04. The normalized spacial score (nSPS) is 11.0. The first-order chi connectivity index (χ1) is 15.2. The molecule has 3 aromatic carbocycles. The summed E-state index contributed by atoms with van der Waals surface area (Å²) >= 11 is 0. The van der Waals surface area contributed by atoms with Gasteiger partial charge in [0.05, 0.1) is 16.8 Å². The first-order valence-electron chi connectivity index (χ1n) is 9.50. The van der Waals surface area contributed by atoms with E-state index < -0.39 is 41.7 Å². The fourth-order valence-corrected chi connectivity index (χ4v) is 2.95. The largest absolute Gasteiger partial charge is 0.452 e. The highest BCUT2D eigenvalue weighted by molar-refractivity contribution is 6.14. The van der Waals surface area contributed by atoms with Crippen molar-refractivity contribution in [2.24, 2.45) is 0 Å². The zero-order valence-corrected chi connectivity index (χ0v) is 16.9. The van der Waals surface area contributed by atoms with Crippen molar-refractivity contribution in [2.75, 3.05) is 11.9 Å². The molecule has 0 unspecified atom stereocenters. The van der Waals surface area contributed by atoms with Gasteiger partial charge in [-0.2, -0.15) is 13.2 Å². The van der Waals surface area contributed by atoms with Crippen LogP contribution in [0.5, 0.6) is 0 Å². The van der Waals surface area contributed by atoms with E-state index in [1.807, 2.05) is 6.92 Å². The minimum absolute atomic E-state index is 0.0541. The average molecular weight is 441 g/mol. The number of nitrogens with one attached hydrogen (secondary N) is 1. The number of amides is 1. The Bertz CT molecular complexity index is 1150. The molecule has 0 saturated heterocycles. The van der Waals surface area contributed by atoms with Crippen LogP contribution in [0.25, 0.3) is 0 Å². The number of carbonyl (C=O) groups excluding carboxylic acids is 3. The molecule has 1 N–H and O–H groups in total. The number of alkyl halides is 3. The molecule has 0 aliphatic carbocycles. The molecule has 0 radical (unpaired) electrons. The highest BCUT2D eigenvalue weighted by Crippen LogP contribution is 2.34. The van der Waals surface area contributed by atoms with Crippen molar-refractivity contribution in [2.45, 2.75) is 13.1 Å². The molecule has 3 aromatic rings. The molecule has 164 valence electrons. The second-order valence-electron chi connectivity index (χ2n) is 6.91. The standard InChI is InChI=1S/C24H18F3NO4/c1-15-10-12-16(13-11-15)22(30)17-6-2-3-7-18(17)23(31)32-14-21(29)28-20-9-5-4-8-19(20)24(25,26)27/h2-13H,14H2,1H3,(H,28,29). The number of esters is 1. The number of ketones is 1. The van der Waals surface area contributed by atoms with E-state index in [0.717, 1.165) is 17.7 Å². The molecule has 5 nitrogen and oxygen atoms in total. The van der Waals surface area contributed by atoms with Crippen LogP contribution in [0.3, 0.4) is 0 Å². The number of para-hydroxylation sites is 1. The Morgan fingerprint density at radius 2 is 1.44 bits per heavy atom. The maximum absolute atomic E-state index is 13.0. The van der Waals surface area contributed by atoms with Crippen LogP contribution in [0.4, 0.5) is 18.9 Å². The van der Waals surface area contributed by atoms with Crippen LogP contribution in [0.1, 0.15) is 37.4 Å². The zero-order valence-electron chi connectivity index (χ0n) is 16.9. The summed E-state index contributed by atoms with van der Waals surface area (Å²) in [4.78, 5) is 37.4. The molecular formula is C24H18F3NO4. The van der Waals surface area contributed by atoms with Crippen molar-refractivity contribution in [1.29, 1.82) is 0 Å². The first kappa shape index (κ1) is 22.7. The lowest BCUT2D eigenvalue weighted by Crippen LogP contribution is -2.23. The molecule has 8 heteroatoms. The Kier molecular flexibility index (Phi) is 6.73. The summed E-state index contributed by atoms with van der Waals surface area (Å²) in [7, 11) is 0. The lowest BCUT2D eigenvalue weighted by atomic mass is 9.98. The van der Waals surface area contributed by atoms with E-state index in [2.05, 4.69) is 5.32 Å². The number of rotatable bonds is 6. The minimum Gasteiger partial charge on any atom is -0.452 e. The Hall–Kier alpha value is -3.94. The number of aryl methyl sites for hydroxylation is 1. The predicted molar refractivity (Wildman–Crippen MR) is 111 cm³/mol. The third-order valence-corrected chi connectivity index (χ3v) is 4.55. The van der Waals surface area contributed by atoms with Crippen LogP contribution < -0.4 is 5.32 Å². The zero-order chi connectivity index (χ0) is 23.3. The minimum atomic E-state index is -4.66. The van der Waals surface area contributed by atoms with Crippen molar-refractivity contribution in [3.63, 3.8) is 0 Å². The summed E-state index contributed by atoms with van der Waals surface area (Å²) in [6, 6.07) is 17.2. The molecule has 32 heavy (non-hydrogen) atoms. The van der Waals surface area contributed by atoms with Crippen LogP contribution in [-0.2, 0) is 15.7 Å². The van der Waals surface area contributed by atoms with E-state index in [4.69, 9.17) is 4.74 Å². The molecule has 1 amide bonds. The molecule has 0 atom stereocenters. The molecule has 0 heterocycles. The Labute approximate surface area is 181 Å². The summed E-state index contributed by atoms with van der Waals surface area (Å²) in [6.07, 6.45) is -4.66. The van der Waals surface area contributed by atoms with Gasteiger partial charge in [0.2, 0.25) is 0 Å². The van der Waals surface area contributed by atoms with Gasteiger partial charge in [-0.05, 0) is 25.1 Å². The Morgan fingerprint density at radius 3 is 2.09 bits per heavy atom. The molecule has 0 saturated carbocycles. The van der Waals surface area contributed by atoms with Gasteiger partial charge in [-0.1, -0.05) is 60.2 Å². The van der Waals surface area contributed by atoms with Gasteiger partial charge in [0.1, 0.15) is 0 Å². The van der Waals surface area contributed by atoms with Crippen LogP contribution in [0, 0.1) is 6.92 Å². The fourth-order valence-electron chi connectivity index (χ4n) is 2.95. The lowest BCUT2D eigenvalue weighted by Gasteiger charge is -2.14. The van der Waals surface area contributed by atoms with E-state index in [0.29, 0.717) is 5.56 Å². The van der Waals surface area contributed by atoms with Crippen molar-refractivity contribution in [1.82, 2.24) is 0 Å².